The molecule has 12 heteroatoms. The van der Waals surface area contributed by atoms with Crippen molar-refractivity contribution in [1.29, 1.82) is 5.26 Å². The molecular formula is C22H20F4N4O3S. The Labute approximate surface area is 192 Å². The van der Waals surface area contributed by atoms with Gasteiger partial charge in [0.2, 0.25) is 10.0 Å². The molecule has 4 rings (SSSR count). The third-order valence-corrected chi connectivity index (χ3v) is 7.51. The summed E-state index contributed by atoms with van der Waals surface area (Å²) < 4.78 is 80.6. The highest BCUT2D eigenvalue weighted by atomic mass is 32.2. The third kappa shape index (κ3) is 4.21. The van der Waals surface area contributed by atoms with Crippen LogP contribution in [0.3, 0.4) is 0 Å². The van der Waals surface area contributed by atoms with Crippen LogP contribution in [0.2, 0.25) is 0 Å². The Morgan fingerprint density at radius 1 is 1.26 bits per heavy atom. The molecule has 2 N–H and O–H groups in total. The minimum absolute atomic E-state index is 0.0519. The van der Waals surface area contributed by atoms with E-state index in [-0.39, 0.29) is 22.7 Å². The first-order valence-corrected chi connectivity index (χ1v) is 11.9. The molecule has 0 aliphatic heterocycles. The molecular weight excluding hydrogens is 476 g/mol. The van der Waals surface area contributed by atoms with Gasteiger partial charge in [0.25, 0.3) is 0 Å². The van der Waals surface area contributed by atoms with Crippen molar-refractivity contribution in [3.05, 3.63) is 41.8 Å². The Hall–Kier alpha value is -3.17. The average molecular weight is 496 g/mol. The number of hydrogen-bond donors (Lipinski definition) is 2. The molecule has 3 aromatic rings. The van der Waals surface area contributed by atoms with Gasteiger partial charge in [0.15, 0.2) is 11.6 Å². The van der Waals surface area contributed by atoms with Crippen LogP contribution in [-0.2, 0) is 10.0 Å². The van der Waals surface area contributed by atoms with Crippen LogP contribution >= 0.6 is 0 Å². The van der Waals surface area contributed by atoms with E-state index in [9.17, 15) is 36.3 Å². The largest absolute Gasteiger partial charge is 0.505 e. The lowest BCUT2D eigenvalue weighted by atomic mass is 10.1. The van der Waals surface area contributed by atoms with Crippen LogP contribution < -0.4 is 4.72 Å². The van der Waals surface area contributed by atoms with Gasteiger partial charge in [-0.05, 0) is 38.0 Å². The molecule has 0 amide bonds. The number of nitrogens with one attached hydrogen (secondary N) is 1. The number of pyridine rings is 1. The fraction of sp³-hybridized carbons (Fsp3) is 0.364. The second kappa shape index (κ2) is 8.56. The lowest BCUT2D eigenvalue weighted by Gasteiger charge is -2.19. The predicted molar refractivity (Wildman–Crippen MR) is 115 cm³/mol. The highest BCUT2D eigenvalue weighted by molar-refractivity contribution is 7.89. The standard InChI is InChI=1S/C22H20F4N4O3S/c1-12(22(24,25)26)29-34(32,33)14-6-7-18(28-11-14)21-16(10-27)15-8-17(23)20(31)9-19(15)30(21)13-4-2-3-5-13/h6-9,11-13,29,31H,2-5H2,1H3/t12-/m0/s1. The fourth-order valence-corrected chi connectivity index (χ4v) is 5.45. The molecule has 0 bridgehead atoms. The summed E-state index contributed by atoms with van der Waals surface area (Å²) in [4.78, 5) is 3.66. The van der Waals surface area contributed by atoms with Crippen molar-refractivity contribution in [3.8, 4) is 23.2 Å². The number of phenols is 1. The predicted octanol–water partition coefficient (Wildman–Crippen LogP) is 4.76. The third-order valence-electron chi connectivity index (χ3n) is 5.99. The highest BCUT2D eigenvalue weighted by Crippen LogP contribution is 2.42. The van der Waals surface area contributed by atoms with Gasteiger partial charge >= 0.3 is 6.18 Å². The van der Waals surface area contributed by atoms with Gasteiger partial charge in [-0.2, -0.15) is 23.2 Å². The van der Waals surface area contributed by atoms with Crippen molar-refractivity contribution in [1.82, 2.24) is 14.3 Å². The van der Waals surface area contributed by atoms with Crippen LogP contribution in [0.5, 0.6) is 5.75 Å². The van der Waals surface area contributed by atoms with Gasteiger partial charge in [0.1, 0.15) is 17.0 Å². The summed E-state index contributed by atoms with van der Waals surface area (Å²) in [5.74, 6) is -1.46. The van der Waals surface area contributed by atoms with Crippen LogP contribution in [0, 0.1) is 17.1 Å². The molecule has 34 heavy (non-hydrogen) atoms. The number of rotatable bonds is 5. The maximum Gasteiger partial charge on any atom is 0.404 e. The van der Waals surface area contributed by atoms with E-state index in [0.717, 1.165) is 44.0 Å². The maximum absolute atomic E-state index is 14.1. The summed E-state index contributed by atoms with van der Waals surface area (Å²) in [7, 11) is -4.51. The van der Waals surface area contributed by atoms with E-state index in [1.807, 2.05) is 0 Å². The van der Waals surface area contributed by atoms with Crippen molar-refractivity contribution >= 4 is 20.9 Å². The van der Waals surface area contributed by atoms with Crippen molar-refractivity contribution in [2.24, 2.45) is 0 Å². The zero-order valence-electron chi connectivity index (χ0n) is 17.9. The molecule has 2 aromatic heterocycles. The number of aromatic nitrogens is 2. The first-order chi connectivity index (χ1) is 15.9. The van der Waals surface area contributed by atoms with Crippen molar-refractivity contribution in [3.63, 3.8) is 0 Å². The summed E-state index contributed by atoms with van der Waals surface area (Å²) in [5.41, 5.74) is 1.07. The number of nitriles is 1. The van der Waals surface area contributed by atoms with Crippen LogP contribution in [-0.4, -0.2) is 35.3 Å². The SMILES string of the molecule is C[C@H](NS(=O)(=O)c1ccc(-c2c(C#N)c3cc(F)c(O)cc3n2C2CCCC2)nc1)C(F)(F)F. The quantitative estimate of drug-likeness (QED) is 0.495. The van der Waals surface area contributed by atoms with Crippen molar-refractivity contribution in [2.75, 3.05) is 0 Å². The first-order valence-electron chi connectivity index (χ1n) is 10.5. The Morgan fingerprint density at radius 2 is 1.94 bits per heavy atom. The zero-order valence-corrected chi connectivity index (χ0v) is 18.7. The second-order valence-electron chi connectivity index (χ2n) is 8.23. The number of nitrogens with zero attached hydrogens (tertiary/aromatic N) is 3. The summed E-state index contributed by atoms with van der Waals surface area (Å²) in [5, 5.41) is 20.1. The Balaban J connectivity index is 1.84. The molecule has 0 saturated heterocycles. The Morgan fingerprint density at radius 3 is 2.50 bits per heavy atom. The molecule has 7 nitrogen and oxygen atoms in total. The molecule has 0 unspecified atom stereocenters. The van der Waals surface area contributed by atoms with E-state index in [1.165, 1.54) is 12.1 Å². The summed E-state index contributed by atoms with van der Waals surface area (Å²) in [6, 6.07) is 4.41. The van der Waals surface area contributed by atoms with Crippen LogP contribution in [0.25, 0.3) is 22.3 Å². The van der Waals surface area contributed by atoms with Crippen molar-refractivity contribution < 1.29 is 31.1 Å². The molecule has 1 aromatic carbocycles. The normalized spacial score (nSPS) is 16.1. The number of phenolic OH excluding ortho intramolecular Hbond substituents is 1. The number of alkyl halides is 3. The lowest BCUT2D eigenvalue weighted by molar-refractivity contribution is -0.147. The van der Waals surface area contributed by atoms with Gasteiger partial charge in [-0.25, -0.2) is 12.8 Å². The van der Waals surface area contributed by atoms with Gasteiger partial charge in [0.05, 0.1) is 22.5 Å². The number of benzene rings is 1. The van der Waals surface area contributed by atoms with Crippen LogP contribution in [0.15, 0.2) is 35.4 Å². The smallest absolute Gasteiger partial charge is 0.404 e. The highest BCUT2D eigenvalue weighted by Gasteiger charge is 2.39. The van der Waals surface area contributed by atoms with Crippen molar-refractivity contribution in [2.45, 2.75) is 55.8 Å². The molecule has 0 radical (unpaired) electrons. The Bertz CT molecular complexity index is 1390. The van der Waals surface area contributed by atoms with Gasteiger partial charge < -0.3 is 9.67 Å². The van der Waals surface area contributed by atoms with E-state index in [4.69, 9.17) is 0 Å². The van der Waals surface area contributed by atoms with Crippen LogP contribution in [0.4, 0.5) is 17.6 Å². The fourth-order valence-electron chi connectivity index (χ4n) is 4.27. The second-order valence-corrected chi connectivity index (χ2v) is 9.94. The van der Waals surface area contributed by atoms with E-state index >= 15 is 0 Å². The first kappa shape index (κ1) is 24.0. The summed E-state index contributed by atoms with van der Waals surface area (Å²) >= 11 is 0. The molecule has 180 valence electrons. The molecule has 1 fully saturated rings. The molecule has 1 atom stereocenters. The molecule has 2 heterocycles. The maximum atomic E-state index is 14.1. The van der Waals surface area contributed by atoms with Crippen LogP contribution in [0.1, 0.15) is 44.2 Å². The molecule has 0 spiro atoms. The number of hydrogen-bond acceptors (Lipinski definition) is 5. The van der Waals surface area contributed by atoms with E-state index in [0.29, 0.717) is 18.1 Å². The minimum Gasteiger partial charge on any atom is -0.505 e. The number of sulfonamides is 1. The summed E-state index contributed by atoms with van der Waals surface area (Å²) in [6.45, 7) is 0.688. The Kier molecular flexibility index (Phi) is 6.03. The average Bonchev–Trinajstić information content (AvgIpc) is 3.39. The topological polar surface area (TPSA) is 108 Å². The van der Waals surface area contributed by atoms with E-state index < -0.39 is 38.7 Å². The summed E-state index contributed by atoms with van der Waals surface area (Å²) in [6.07, 6.45) is -0.405. The van der Waals surface area contributed by atoms with Gasteiger partial charge in [-0.15, -0.1) is 0 Å². The van der Waals surface area contributed by atoms with Gasteiger partial charge in [0, 0.05) is 23.7 Å². The van der Waals surface area contributed by atoms with Gasteiger partial charge in [-0.3, -0.25) is 4.98 Å². The minimum atomic E-state index is -4.76. The molecule has 1 aliphatic carbocycles. The van der Waals surface area contributed by atoms with Gasteiger partial charge in [-0.1, -0.05) is 12.8 Å². The van der Waals surface area contributed by atoms with E-state index in [1.54, 1.807) is 9.29 Å². The number of fused-ring (bicyclic) bond motifs is 1. The number of aromatic hydroxyl groups is 1. The molecule has 1 aliphatic rings. The molecule has 1 saturated carbocycles. The monoisotopic (exact) mass is 496 g/mol. The number of halogens is 4. The van der Waals surface area contributed by atoms with E-state index in [2.05, 4.69) is 11.1 Å². The lowest BCUT2D eigenvalue weighted by Crippen LogP contribution is -2.42. The zero-order chi connectivity index (χ0) is 24.8.